The van der Waals surface area contributed by atoms with Crippen molar-refractivity contribution in [3.8, 4) is 5.75 Å². The number of carbonyl (C=O) groups excluding carboxylic acids is 2. The van der Waals surface area contributed by atoms with Gasteiger partial charge < -0.3 is 15.0 Å². The molecular weight excluding hydrogens is 360 g/mol. The Hall–Kier alpha value is -3.75. The molecule has 0 fully saturated rings. The molecule has 0 unspecified atom stereocenters. The van der Waals surface area contributed by atoms with E-state index in [4.69, 9.17) is 4.74 Å². The zero-order valence-corrected chi connectivity index (χ0v) is 15.1. The number of nitrogens with one attached hydrogen (secondary N) is 2. The third-order valence-corrected chi connectivity index (χ3v) is 4.33. The highest BCUT2D eigenvalue weighted by atomic mass is 16.5. The molecule has 4 rings (SSSR count). The van der Waals surface area contributed by atoms with E-state index in [9.17, 15) is 9.59 Å². The number of aromatic nitrogens is 4. The maximum Gasteiger partial charge on any atom is 0.291 e. The van der Waals surface area contributed by atoms with Gasteiger partial charge in [-0.3, -0.25) is 14.5 Å². The second-order valence-corrected chi connectivity index (χ2v) is 6.34. The number of hydrogen-bond donors (Lipinski definition) is 2. The van der Waals surface area contributed by atoms with Gasteiger partial charge in [0, 0.05) is 19.7 Å². The van der Waals surface area contributed by atoms with E-state index in [1.807, 2.05) is 30.3 Å². The second-order valence-electron chi connectivity index (χ2n) is 6.34. The molecule has 1 aromatic carbocycles. The average molecular weight is 378 g/mol. The molecular formula is C19H18N6O3. The molecule has 3 heterocycles. The van der Waals surface area contributed by atoms with Gasteiger partial charge in [-0.2, -0.15) is 0 Å². The predicted molar refractivity (Wildman–Crippen MR) is 99.8 cm³/mol. The van der Waals surface area contributed by atoms with Crippen LogP contribution in [0.4, 0.5) is 5.82 Å². The van der Waals surface area contributed by atoms with E-state index in [2.05, 4.69) is 25.5 Å². The number of hydrogen-bond acceptors (Lipinski definition) is 6. The summed E-state index contributed by atoms with van der Waals surface area (Å²) in [5.74, 6) is 0.747. The molecule has 0 aliphatic carbocycles. The average Bonchev–Trinajstić information content (AvgIpc) is 3.13. The first kappa shape index (κ1) is 17.7. The highest BCUT2D eigenvalue weighted by molar-refractivity contribution is 5.95. The monoisotopic (exact) mass is 378 g/mol. The first-order valence-corrected chi connectivity index (χ1v) is 8.75. The Morgan fingerprint density at radius 2 is 2.07 bits per heavy atom. The summed E-state index contributed by atoms with van der Waals surface area (Å²) in [6.45, 7) is 0. The topological polar surface area (TPSA) is 113 Å². The first-order valence-electron chi connectivity index (χ1n) is 8.75. The molecule has 3 aromatic rings. The minimum atomic E-state index is -0.837. The van der Waals surface area contributed by atoms with Crippen LogP contribution in [-0.4, -0.2) is 45.3 Å². The summed E-state index contributed by atoms with van der Waals surface area (Å²) >= 11 is 0. The van der Waals surface area contributed by atoms with E-state index < -0.39 is 12.1 Å². The SMILES string of the molecule is CN1C(=O)C[C@@H](NC(=O)c2nnc(Cc3ccccc3)[nH]2)Oc2cccnc21. The van der Waals surface area contributed by atoms with Crippen LogP contribution in [0.3, 0.4) is 0 Å². The fourth-order valence-corrected chi connectivity index (χ4v) is 2.90. The molecule has 0 saturated heterocycles. The number of amides is 2. The predicted octanol–water partition coefficient (Wildman–Crippen LogP) is 1.29. The standard InChI is InChI=1S/C19H18N6O3/c1-25-16(26)11-15(28-13-8-5-9-20-18(13)25)22-19(27)17-21-14(23-24-17)10-12-6-3-2-4-7-12/h2-9,15H,10-11H2,1H3,(H,22,27)(H,21,23,24)/t15-/m0/s1. The van der Waals surface area contributed by atoms with Crippen molar-refractivity contribution in [2.75, 3.05) is 11.9 Å². The number of pyridine rings is 1. The summed E-state index contributed by atoms with van der Waals surface area (Å²) in [7, 11) is 1.62. The zero-order valence-electron chi connectivity index (χ0n) is 15.1. The quantitative estimate of drug-likeness (QED) is 0.707. The van der Waals surface area contributed by atoms with Crippen molar-refractivity contribution in [2.24, 2.45) is 0 Å². The lowest BCUT2D eigenvalue weighted by atomic mass is 10.1. The van der Waals surface area contributed by atoms with Gasteiger partial charge in [-0.1, -0.05) is 30.3 Å². The smallest absolute Gasteiger partial charge is 0.291 e. The summed E-state index contributed by atoms with van der Waals surface area (Å²) in [5, 5.41) is 10.6. The van der Waals surface area contributed by atoms with Crippen LogP contribution in [0.25, 0.3) is 0 Å². The zero-order chi connectivity index (χ0) is 19.5. The van der Waals surface area contributed by atoms with Gasteiger partial charge in [0.15, 0.2) is 17.8 Å². The number of anilines is 1. The van der Waals surface area contributed by atoms with Gasteiger partial charge in [0.05, 0.1) is 6.42 Å². The minimum Gasteiger partial charge on any atom is -0.466 e. The van der Waals surface area contributed by atoms with Crippen LogP contribution in [0.15, 0.2) is 48.7 Å². The molecule has 2 N–H and O–H groups in total. The first-order chi connectivity index (χ1) is 13.6. The van der Waals surface area contributed by atoms with E-state index in [1.165, 1.54) is 4.90 Å². The molecule has 0 radical (unpaired) electrons. The summed E-state index contributed by atoms with van der Waals surface area (Å²) in [6.07, 6.45) is 1.25. The van der Waals surface area contributed by atoms with E-state index >= 15 is 0 Å². The molecule has 2 amide bonds. The third-order valence-electron chi connectivity index (χ3n) is 4.33. The van der Waals surface area contributed by atoms with E-state index in [0.29, 0.717) is 23.8 Å². The van der Waals surface area contributed by atoms with Gasteiger partial charge in [0.25, 0.3) is 5.91 Å². The highest BCUT2D eigenvalue weighted by Crippen LogP contribution is 2.28. The molecule has 1 aliphatic rings. The lowest BCUT2D eigenvalue weighted by Gasteiger charge is -2.16. The van der Waals surface area contributed by atoms with E-state index in [0.717, 1.165) is 5.56 Å². The van der Waals surface area contributed by atoms with Crippen LogP contribution >= 0.6 is 0 Å². The molecule has 9 nitrogen and oxygen atoms in total. The van der Waals surface area contributed by atoms with Gasteiger partial charge in [0.1, 0.15) is 5.82 Å². The summed E-state index contributed by atoms with van der Waals surface area (Å²) in [4.78, 5) is 33.3. The Kier molecular flexibility index (Phi) is 4.71. The van der Waals surface area contributed by atoms with Gasteiger partial charge in [-0.05, 0) is 17.7 Å². The Morgan fingerprint density at radius 3 is 2.89 bits per heavy atom. The Bertz CT molecular complexity index is 1000. The van der Waals surface area contributed by atoms with Crippen LogP contribution in [0.2, 0.25) is 0 Å². The number of H-pyrrole nitrogens is 1. The number of nitrogens with zero attached hydrogens (tertiary/aromatic N) is 4. The van der Waals surface area contributed by atoms with Crippen molar-refractivity contribution in [1.29, 1.82) is 0 Å². The Morgan fingerprint density at radius 1 is 1.25 bits per heavy atom. The normalized spacial score (nSPS) is 16.1. The van der Waals surface area contributed by atoms with E-state index in [1.54, 1.807) is 25.4 Å². The van der Waals surface area contributed by atoms with Gasteiger partial charge in [-0.25, -0.2) is 4.98 Å². The van der Waals surface area contributed by atoms with Gasteiger partial charge in [0.2, 0.25) is 11.7 Å². The molecule has 142 valence electrons. The Balaban J connectivity index is 1.46. The molecule has 1 aliphatic heterocycles. The lowest BCUT2D eigenvalue weighted by Crippen LogP contribution is -2.41. The summed E-state index contributed by atoms with van der Waals surface area (Å²) in [6, 6.07) is 13.1. The number of carbonyl (C=O) groups is 2. The second kappa shape index (κ2) is 7.47. The minimum absolute atomic E-state index is 0.0242. The molecule has 2 aromatic heterocycles. The number of ether oxygens (including phenoxy) is 1. The maximum atomic E-state index is 12.5. The lowest BCUT2D eigenvalue weighted by molar-refractivity contribution is -0.119. The summed E-state index contributed by atoms with van der Waals surface area (Å²) in [5.41, 5.74) is 1.05. The van der Waals surface area contributed by atoms with Crippen molar-refractivity contribution >= 4 is 17.6 Å². The molecule has 0 bridgehead atoms. The van der Waals surface area contributed by atoms with Crippen molar-refractivity contribution < 1.29 is 14.3 Å². The van der Waals surface area contributed by atoms with Crippen molar-refractivity contribution in [1.82, 2.24) is 25.5 Å². The Labute approximate surface area is 160 Å². The molecule has 0 spiro atoms. The molecule has 0 saturated carbocycles. The van der Waals surface area contributed by atoms with Crippen LogP contribution in [0, 0.1) is 0 Å². The van der Waals surface area contributed by atoms with E-state index in [-0.39, 0.29) is 18.2 Å². The van der Waals surface area contributed by atoms with Crippen molar-refractivity contribution in [3.63, 3.8) is 0 Å². The van der Waals surface area contributed by atoms with Crippen molar-refractivity contribution in [3.05, 3.63) is 65.9 Å². The largest absolute Gasteiger partial charge is 0.466 e. The number of rotatable bonds is 4. The summed E-state index contributed by atoms with van der Waals surface area (Å²) < 4.78 is 5.77. The fourth-order valence-electron chi connectivity index (χ4n) is 2.90. The van der Waals surface area contributed by atoms with Crippen LogP contribution in [0.1, 0.15) is 28.4 Å². The number of benzene rings is 1. The molecule has 28 heavy (non-hydrogen) atoms. The van der Waals surface area contributed by atoms with Crippen LogP contribution < -0.4 is 15.0 Å². The van der Waals surface area contributed by atoms with Gasteiger partial charge in [-0.15, -0.1) is 10.2 Å². The van der Waals surface area contributed by atoms with Gasteiger partial charge >= 0.3 is 0 Å². The third kappa shape index (κ3) is 3.68. The fraction of sp³-hybridized carbons (Fsp3) is 0.211. The maximum absolute atomic E-state index is 12.5. The number of aromatic amines is 1. The molecule has 1 atom stereocenters. The van der Waals surface area contributed by atoms with Crippen LogP contribution in [0.5, 0.6) is 5.75 Å². The van der Waals surface area contributed by atoms with Crippen molar-refractivity contribution in [2.45, 2.75) is 19.1 Å². The molecule has 9 heteroatoms. The number of fused-ring (bicyclic) bond motifs is 1. The van der Waals surface area contributed by atoms with Crippen LogP contribution in [-0.2, 0) is 11.2 Å². The highest BCUT2D eigenvalue weighted by Gasteiger charge is 2.29.